The van der Waals surface area contributed by atoms with Crippen LogP contribution in [0, 0.1) is 5.92 Å². The summed E-state index contributed by atoms with van der Waals surface area (Å²) in [5.41, 5.74) is 0.716. The third-order valence-electron chi connectivity index (χ3n) is 6.15. The lowest BCUT2D eigenvalue weighted by atomic mass is 9.86. The number of hydrogen-bond donors (Lipinski definition) is 2. The predicted molar refractivity (Wildman–Crippen MR) is 136 cm³/mol. The van der Waals surface area contributed by atoms with Crippen LogP contribution < -0.4 is 20.3 Å². The van der Waals surface area contributed by atoms with Gasteiger partial charge in [0.05, 0.1) is 11.1 Å². The van der Waals surface area contributed by atoms with Gasteiger partial charge in [0.15, 0.2) is 0 Å². The number of para-hydroxylation sites is 1. The van der Waals surface area contributed by atoms with Gasteiger partial charge in [0.1, 0.15) is 11.6 Å². The molecule has 1 heterocycles. The van der Waals surface area contributed by atoms with E-state index in [9.17, 15) is 18.0 Å². The maximum Gasteiger partial charge on any atom is 0.573 e. The van der Waals surface area contributed by atoms with Crippen LogP contribution in [0.25, 0.3) is 10.9 Å². The molecule has 1 fully saturated rings. The van der Waals surface area contributed by atoms with E-state index in [1.807, 2.05) is 43.3 Å². The second kappa shape index (κ2) is 10.9. The number of nitrogens with zero attached hydrogens (tertiary/aromatic N) is 3. The summed E-state index contributed by atoms with van der Waals surface area (Å²) in [7, 11) is 3.90. The zero-order valence-electron chi connectivity index (χ0n) is 19.9. The standard InChI is InChI=1S/C25H27BrF3N5O2/c1-34(2)22-18-5-3-4-6-20(18)32-24(33-22)31-17-10-7-15(8-11-17)14-30-23(35)19-12-9-16(26)13-21(19)36-25(27,28)29/h3-6,9,12-13,15,17H,7-8,10-11,14H2,1-2H3,(H,30,35)(H,31,32,33)/t15-,17-. The number of ether oxygens (including phenoxy) is 1. The summed E-state index contributed by atoms with van der Waals surface area (Å²) in [6, 6.07) is 12.0. The molecule has 7 nitrogen and oxygen atoms in total. The molecule has 2 N–H and O–H groups in total. The molecule has 1 saturated carbocycles. The van der Waals surface area contributed by atoms with Crippen molar-refractivity contribution in [2.75, 3.05) is 30.9 Å². The first-order valence-corrected chi connectivity index (χ1v) is 12.4. The van der Waals surface area contributed by atoms with Crippen molar-refractivity contribution in [3.8, 4) is 5.75 Å². The molecular formula is C25H27BrF3N5O2. The van der Waals surface area contributed by atoms with Gasteiger partial charge >= 0.3 is 6.36 Å². The molecule has 36 heavy (non-hydrogen) atoms. The summed E-state index contributed by atoms with van der Waals surface area (Å²) in [5, 5.41) is 7.20. The number of nitrogens with one attached hydrogen (secondary N) is 2. The van der Waals surface area contributed by atoms with Crippen LogP contribution in [0.5, 0.6) is 5.75 Å². The lowest BCUT2D eigenvalue weighted by Crippen LogP contribution is -2.34. The lowest BCUT2D eigenvalue weighted by Gasteiger charge is -2.29. The second-order valence-corrected chi connectivity index (χ2v) is 9.96. The van der Waals surface area contributed by atoms with Crippen LogP contribution >= 0.6 is 15.9 Å². The van der Waals surface area contributed by atoms with Crippen molar-refractivity contribution in [3.63, 3.8) is 0 Å². The van der Waals surface area contributed by atoms with Crippen molar-refractivity contribution in [3.05, 3.63) is 52.5 Å². The van der Waals surface area contributed by atoms with Crippen molar-refractivity contribution in [1.82, 2.24) is 15.3 Å². The minimum Gasteiger partial charge on any atom is -0.405 e. The first-order valence-electron chi connectivity index (χ1n) is 11.6. The Kier molecular flexibility index (Phi) is 7.87. The molecule has 0 aliphatic heterocycles. The van der Waals surface area contributed by atoms with Crippen molar-refractivity contribution in [2.45, 2.75) is 38.1 Å². The Morgan fingerprint density at radius 1 is 1.11 bits per heavy atom. The van der Waals surface area contributed by atoms with Crippen LogP contribution in [0.15, 0.2) is 46.9 Å². The van der Waals surface area contributed by atoms with Gasteiger partial charge in [-0.2, -0.15) is 4.98 Å². The molecule has 192 valence electrons. The average Bonchev–Trinajstić information content (AvgIpc) is 2.82. The highest BCUT2D eigenvalue weighted by Crippen LogP contribution is 2.31. The number of carbonyl (C=O) groups excluding carboxylic acids is 1. The number of hydrogen-bond acceptors (Lipinski definition) is 6. The highest BCUT2D eigenvalue weighted by Gasteiger charge is 2.33. The molecule has 0 unspecified atom stereocenters. The largest absolute Gasteiger partial charge is 0.573 e. The van der Waals surface area contributed by atoms with Gasteiger partial charge in [-0.15, -0.1) is 13.2 Å². The molecule has 0 bridgehead atoms. The van der Waals surface area contributed by atoms with E-state index < -0.39 is 18.0 Å². The Hall–Kier alpha value is -3.08. The fraction of sp³-hybridized carbons (Fsp3) is 0.400. The van der Waals surface area contributed by atoms with Crippen LogP contribution in [0.2, 0.25) is 0 Å². The zero-order valence-corrected chi connectivity index (χ0v) is 21.5. The van der Waals surface area contributed by atoms with Crippen LogP contribution in [-0.4, -0.2) is 48.9 Å². The van der Waals surface area contributed by atoms with Crippen LogP contribution in [0.4, 0.5) is 24.9 Å². The third kappa shape index (κ3) is 6.57. The van der Waals surface area contributed by atoms with Crippen molar-refractivity contribution in [1.29, 1.82) is 0 Å². The number of alkyl halides is 3. The van der Waals surface area contributed by atoms with E-state index in [-0.39, 0.29) is 17.5 Å². The molecule has 11 heteroatoms. The maximum atomic E-state index is 12.7. The molecule has 1 aromatic heterocycles. The highest BCUT2D eigenvalue weighted by molar-refractivity contribution is 9.10. The fourth-order valence-corrected chi connectivity index (χ4v) is 4.72. The van der Waals surface area contributed by atoms with E-state index in [0.717, 1.165) is 48.5 Å². The number of amides is 1. The number of anilines is 2. The summed E-state index contributed by atoms with van der Waals surface area (Å²) in [5.74, 6) is 0.532. The quantitative estimate of drug-likeness (QED) is 0.379. The summed E-state index contributed by atoms with van der Waals surface area (Å²) >= 11 is 3.11. The summed E-state index contributed by atoms with van der Waals surface area (Å²) < 4.78 is 42.6. The molecule has 0 radical (unpaired) electrons. The predicted octanol–water partition coefficient (Wildman–Crippen LogP) is 5.76. The van der Waals surface area contributed by atoms with Crippen molar-refractivity contribution in [2.24, 2.45) is 5.92 Å². The van der Waals surface area contributed by atoms with E-state index >= 15 is 0 Å². The Bertz CT molecular complexity index is 1230. The van der Waals surface area contributed by atoms with Gasteiger partial charge in [0.25, 0.3) is 5.91 Å². The van der Waals surface area contributed by atoms with Gasteiger partial charge in [-0.25, -0.2) is 4.98 Å². The van der Waals surface area contributed by atoms with Crippen LogP contribution in [0.1, 0.15) is 36.0 Å². The Morgan fingerprint density at radius 2 is 1.83 bits per heavy atom. The number of aromatic nitrogens is 2. The van der Waals surface area contributed by atoms with Gasteiger partial charge in [-0.05, 0) is 61.9 Å². The van der Waals surface area contributed by atoms with Gasteiger partial charge in [0.2, 0.25) is 5.95 Å². The first kappa shape index (κ1) is 26.0. The Balaban J connectivity index is 1.32. The molecule has 3 aromatic rings. The molecule has 0 spiro atoms. The fourth-order valence-electron chi connectivity index (χ4n) is 4.38. The molecule has 1 amide bonds. The monoisotopic (exact) mass is 565 g/mol. The molecule has 0 saturated heterocycles. The van der Waals surface area contributed by atoms with E-state index in [4.69, 9.17) is 4.98 Å². The normalized spacial score (nSPS) is 18.1. The summed E-state index contributed by atoms with van der Waals surface area (Å²) in [6.07, 6.45) is -1.43. The molecule has 1 aliphatic rings. The van der Waals surface area contributed by atoms with Gasteiger partial charge in [-0.3, -0.25) is 4.79 Å². The Labute approximate surface area is 215 Å². The molecule has 4 rings (SSSR count). The molecular weight excluding hydrogens is 539 g/mol. The summed E-state index contributed by atoms with van der Waals surface area (Å²) in [4.78, 5) is 23.9. The topological polar surface area (TPSA) is 79.4 Å². The van der Waals surface area contributed by atoms with Gasteiger partial charge in [-0.1, -0.05) is 28.1 Å². The van der Waals surface area contributed by atoms with E-state index in [1.165, 1.54) is 12.1 Å². The van der Waals surface area contributed by atoms with E-state index in [2.05, 4.69) is 36.3 Å². The van der Waals surface area contributed by atoms with Crippen LogP contribution in [-0.2, 0) is 0 Å². The second-order valence-electron chi connectivity index (χ2n) is 9.04. The smallest absolute Gasteiger partial charge is 0.405 e. The SMILES string of the molecule is CN(C)c1nc(N[C@H]2CC[C@H](CNC(=O)c3ccc(Br)cc3OC(F)(F)F)CC2)nc2ccccc12. The third-order valence-corrected chi connectivity index (χ3v) is 6.65. The van der Waals surface area contributed by atoms with E-state index in [1.54, 1.807) is 0 Å². The first-order chi connectivity index (χ1) is 17.1. The lowest BCUT2D eigenvalue weighted by molar-refractivity contribution is -0.274. The molecule has 1 aliphatic carbocycles. The summed E-state index contributed by atoms with van der Waals surface area (Å²) in [6.45, 7) is 0.379. The number of fused-ring (bicyclic) bond motifs is 1. The zero-order chi connectivity index (χ0) is 25.9. The number of benzene rings is 2. The molecule has 0 atom stereocenters. The molecule has 2 aromatic carbocycles. The average molecular weight is 566 g/mol. The maximum absolute atomic E-state index is 12.7. The minimum atomic E-state index is -4.89. The number of carbonyl (C=O) groups is 1. The van der Waals surface area contributed by atoms with Crippen LogP contribution in [0.3, 0.4) is 0 Å². The number of halogens is 4. The Morgan fingerprint density at radius 3 is 2.53 bits per heavy atom. The highest BCUT2D eigenvalue weighted by atomic mass is 79.9. The van der Waals surface area contributed by atoms with Gasteiger partial charge < -0.3 is 20.3 Å². The van der Waals surface area contributed by atoms with Crippen molar-refractivity contribution >= 4 is 44.5 Å². The van der Waals surface area contributed by atoms with E-state index in [0.29, 0.717) is 17.0 Å². The van der Waals surface area contributed by atoms with Gasteiger partial charge in [0, 0.05) is 36.5 Å². The minimum absolute atomic E-state index is 0.156. The van der Waals surface area contributed by atoms with Crippen molar-refractivity contribution < 1.29 is 22.7 Å². The number of rotatable bonds is 7.